The normalized spacial score (nSPS) is 15.3. The summed E-state index contributed by atoms with van der Waals surface area (Å²) < 4.78 is 14.2. The third-order valence-corrected chi connectivity index (χ3v) is 4.16. The molecule has 8 nitrogen and oxygen atoms in total. The molecule has 0 atom stereocenters. The van der Waals surface area contributed by atoms with Gasteiger partial charge < -0.3 is 15.0 Å². The number of nitrogens with zero attached hydrogens (tertiary/aromatic N) is 5. The van der Waals surface area contributed by atoms with Crippen LogP contribution in [0.2, 0.25) is 0 Å². The molecule has 1 aliphatic heterocycles. The van der Waals surface area contributed by atoms with Gasteiger partial charge in [-0.15, -0.1) is 0 Å². The van der Waals surface area contributed by atoms with E-state index in [1.807, 2.05) is 0 Å². The number of amides is 1. The predicted molar refractivity (Wildman–Crippen MR) is 87.1 cm³/mol. The maximum absolute atomic E-state index is 12.9. The molecule has 3 rings (SSSR count). The summed E-state index contributed by atoms with van der Waals surface area (Å²) in [5, 5.41) is 14.4. The number of carbonyl (C=O) groups is 1. The van der Waals surface area contributed by atoms with Gasteiger partial charge in [0.2, 0.25) is 5.91 Å². The highest BCUT2D eigenvalue weighted by atomic mass is 19.1. The Morgan fingerprint density at radius 2 is 1.84 bits per heavy atom. The van der Waals surface area contributed by atoms with Crippen LogP contribution in [0, 0.1) is 15.9 Å². The molecule has 0 saturated carbocycles. The van der Waals surface area contributed by atoms with Crippen LogP contribution in [-0.2, 0) is 17.9 Å². The van der Waals surface area contributed by atoms with Crippen molar-refractivity contribution in [2.75, 3.05) is 26.2 Å². The van der Waals surface area contributed by atoms with Gasteiger partial charge in [-0.25, -0.2) is 4.39 Å². The van der Waals surface area contributed by atoms with E-state index in [9.17, 15) is 19.3 Å². The number of rotatable bonds is 5. The van der Waals surface area contributed by atoms with Gasteiger partial charge in [0.05, 0.1) is 17.4 Å². The molecule has 0 unspecified atom stereocenters. The summed E-state index contributed by atoms with van der Waals surface area (Å²) in [6.07, 6.45) is 1.43. The molecule has 1 fully saturated rings. The Morgan fingerprint density at radius 1 is 1.16 bits per heavy atom. The van der Waals surface area contributed by atoms with Gasteiger partial charge in [-0.3, -0.25) is 9.69 Å². The molecule has 0 spiro atoms. The van der Waals surface area contributed by atoms with Crippen LogP contribution in [0.3, 0.4) is 0 Å². The number of benzene rings is 1. The second-order valence-electron chi connectivity index (χ2n) is 5.91. The summed E-state index contributed by atoms with van der Waals surface area (Å²) in [6, 6.07) is 7.68. The number of piperazine rings is 1. The van der Waals surface area contributed by atoms with Crippen molar-refractivity contribution in [3.05, 3.63) is 58.0 Å². The van der Waals surface area contributed by atoms with Crippen molar-refractivity contribution in [2.45, 2.75) is 13.1 Å². The number of hydrogen-bond donors (Lipinski definition) is 0. The summed E-state index contributed by atoms with van der Waals surface area (Å²) in [5.41, 5.74) is 1.03. The Bertz CT molecular complexity index is 753. The maximum atomic E-state index is 12.9. The fraction of sp³-hybridized carbons (Fsp3) is 0.375. The molecule has 1 saturated heterocycles. The molecule has 1 aliphatic rings. The molecular weight excluding hydrogens is 329 g/mol. The molecule has 1 amide bonds. The van der Waals surface area contributed by atoms with E-state index in [0.29, 0.717) is 19.6 Å². The molecule has 1 aromatic heterocycles. The zero-order valence-corrected chi connectivity index (χ0v) is 13.5. The average molecular weight is 347 g/mol. The van der Waals surface area contributed by atoms with E-state index < -0.39 is 4.92 Å². The van der Waals surface area contributed by atoms with E-state index in [4.69, 9.17) is 0 Å². The lowest BCUT2D eigenvalue weighted by Crippen LogP contribution is -2.49. The zero-order chi connectivity index (χ0) is 17.8. The number of nitro groups is 1. The second kappa shape index (κ2) is 7.39. The first-order valence-corrected chi connectivity index (χ1v) is 7.94. The molecule has 0 radical (unpaired) electrons. The SMILES string of the molecule is O=C(Cn1ccc([N+](=O)[O-])n1)N1CCN(Cc2ccc(F)cc2)CC1. The molecule has 132 valence electrons. The van der Waals surface area contributed by atoms with Gasteiger partial charge in [-0.1, -0.05) is 12.1 Å². The summed E-state index contributed by atoms with van der Waals surface area (Å²) in [5.74, 6) is -0.630. The smallest absolute Gasteiger partial charge is 0.358 e. The van der Waals surface area contributed by atoms with E-state index in [1.165, 1.54) is 29.1 Å². The van der Waals surface area contributed by atoms with Crippen LogP contribution in [0.1, 0.15) is 5.56 Å². The predicted octanol–water partition coefficient (Wildman–Crippen LogP) is 1.27. The van der Waals surface area contributed by atoms with Crippen LogP contribution in [0.4, 0.5) is 10.2 Å². The molecule has 1 aromatic carbocycles. The van der Waals surface area contributed by atoms with Crippen molar-refractivity contribution in [3.8, 4) is 0 Å². The van der Waals surface area contributed by atoms with Crippen LogP contribution >= 0.6 is 0 Å². The molecule has 0 aliphatic carbocycles. The van der Waals surface area contributed by atoms with Gasteiger partial charge in [0.1, 0.15) is 12.4 Å². The summed E-state index contributed by atoms with van der Waals surface area (Å²) >= 11 is 0. The van der Waals surface area contributed by atoms with Crippen molar-refractivity contribution in [2.24, 2.45) is 0 Å². The quantitative estimate of drug-likeness (QED) is 0.601. The molecular formula is C16H18FN5O3. The van der Waals surface area contributed by atoms with Crippen molar-refractivity contribution in [1.82, 2.24) is 19.6 Å². The Balaban J connectivity index is 1.48. The van der Waals surface area contributed by atoms with E-state index >= 15 is 0 Å². The number of carbonyl (C=O) groups excluding carboxylic acids is 1. The van der Waals surface area contributed by atoms with Crippen LogP contribution in [-0.4, -0.2) is 56.6 Å². The number of halogens is 1. The standard InChI is InChI=1S/C16H18FN5O3/c17-14-3-1-13(2-4-14)11-19-7-9-20(10-8-19)16(23)12-21-6-5-15(18-21)22(24)25/h1-6H,7-12H2. The minimum absolute atomic E-state index is 0.00813. The Labute approximate surface area is 143 Å². The second-order valence-corrected chi connectivity index (χ2v) is 5.91. The average Bonchev–Trinajstić information content (AvgIpc) is 3.06. The lowest BCUT2D eigenvalue weighted by molar-refractivity contribution is -0.389. The molecule has 2 heterocycles. The zero-order valence-electron chi connectivity index (χ0n) is 13.5. The number of hydrogen-bond acceptors (Lipinski definition) is 5. The van der Waals surface area contributed by atoms with Crippen LogP contribution in [0.15, 0.2) is 36.5 Å². The summed E-state index contributed by atoms with van der Waals surface area (Å²) in [6.45, 7) is 3.33. The number of aromatic nitrogens is 2. The third-order valence-electron chi connectivity index (χ3n) is 4.16. The Morgan fingerprint density at radius 3 is 2.44 bits per heavy atom. The monoisotopic (exact) mass is 347 g/mol. The van der Waals surface area contributed by atoms with Crippen LogP contribution < -0.4 is 0 Å². The minimum atomic E-state index is -0.588. The van der Waals surface area contributed by atoms with E-state index in [0.717, 1.165) is 18.7 Å². The van der Waals surface area contributed by atoms with Crippen molar-refractivity contribution in [1.29, 1.82) is 0 Å². The van der Waals surface area contributed by atoms with E-state index in [1.54, 1.807) is 17.0 Å². The highest BCUT2D eigenvalue weighted by molar-refractivity contribution is 5.76. The van der Waals surface area contributed by atoms with Gasteiger partial charge in [-0.05, 0) is 22.6 Å². The molecule has 0 N–H and O–H groups in total. The topological polar surface area (TPSA) is 84.5 Å². The highest BCUT2D eigenvalue weighted by Crippen LogP contribution is 2.11. The lowest BCUT2D eigenvalue weighted by Gasteiger charge is -2.34. The molecule has 25 heavy (non-hydrogen) atoms. The fourth-order valence-corrected chi connectivity index (χ4v) is 2.78. The highest BCUT2D eigenvalue weighted by Gasteiger charge is 2.23. The van der Waals surface area contributed by atoms with Gasteiger partial charge >= 0.3 is 5.82 Å². The first kappa shape index (κ1) is 17.0. The van der Waals surface area contributed by atoms with Crippen LogP contribution in [0.5, 0.6) is 0 Å². The van der Waals surface area contributed by atoms with E-state index in [2.05, 4.69) is 10.00 Å². The molecule has 2 aromatic rings. The van der Waals surface area contributed by atoms with Crippen LogP contribution in [0.25, 0.3) is 0 Å². The van der Waals surface area contributed by atoms with Crippen molar-refractivity contribution in [3.63, 3.8) is 0 Å². The lowest BCUT2D eigenvalue weighted by atomic mass is 10.2. The Hall–Kier alpha value is -2.81. The largest absolute Gasteiger partial charge is 0.389 e. The molecule has 9 heteroatoms. The third kappa shape index (κ3) is 4.38. The Kier molecular flexibility index (Phi) is 5.03. The summed E-state index contributed by atoms with van der Waals surface area (Å²) in [4.78, 5) is 26.2. The first-order valence-electron chi connectivity index (χ1n) is 7.94. The van der Waals surface area contributed by atoms with Gasteiger partial charge in [0.25, 0.3) is 0 Å². The van der Waals surface area contributed by atoms with Gasteiger partial charge in [0.15, 0.2) is 0 Å². The molecule has 0 bridgehead atoms. The van der Waals surface area contributed by atoms with Gasteiger partial charge in [0, 0.05) is 32.7 Å². The minimum Gasteiger partial charge on any atom is -0.358 e. The summed E-state index contributed by atoms with van der Waals surface area (Å²) in [7, 11) is 0. The maximum Gasteiger partial charge on any atom is 0.389 e. The van der Waals surface area contributed by atoms with Gasteiger partial charge in [-0.2, -0.15) is 4.68 Å². The van der Waals surface area contributed by atoms with E-state index in [-0.39, 0.29) is 24.1 Å². The first-order chi connectivity index (χ1) is 12.0. The van der Waals surface area contributed by atoms with Crippen molar-refractivity contribution < 1.29 is 14.1 Å². The van der Waals surface area contributed by atoms with Crippen molar-refractivity contribution >= 4 is 11.7 Å². The fourth-order valence-electron chi connectivity index (χ4n) is 2.78.